The highest BCUT2D eigenvalue weighted by Gasteiger charge is 2.00. The van der Waals surface area contributed by atoms with E-state index < -0.39 is 0 Å². The van der Waals surface area contributed by atoms with Gasteiger partial charge in [0.2, 0.25) is 0 Å². The number of aromatic nitrogens is 1. The Balaban J connectivity index is 1.84. The van der Waals surface area contributed by atoms with Gasteiger partial charge in [0.1, 0.15) is 5.76 Å². The van der Waals surface area contributed by atoms with Crippen molar-refractivity contribution in [1.82, 2.24) is 10.5 Å². The molecule has 4 heteroatoms. The van der Waals surface area contributed by atoms with E-state index in [0.717, 1.165) is 18.0 Å². The van der Waals surface area contributed by atoms with Crippen LogP contribution in [0.4, 0.5) is 0 Å². The minimum atomic E-state index is 0.649. The first-order valence-corrected chi connectivity index (χ1v) is 5.97. The van der Waals surface area contributed by atoms with Crippen LogP contribution in [-0.4, -0.2) is 12.3 Å². The summed E-state index contributed by atoms with van der Waals surface area (Å²) in [6, 6.07) is 10.3. The molecule has 0 aliphatic carbocycles. The topological polar surface area (TPSA) is 47.3 Å². The van der Waals surface area contributed by atoms with Gasteiger partial charge in [-0.2, -0.15) is 0 Å². The van der Waals surface area contributed by atoms with Crippen molar-refractivity contribution in [2.45, 2.75) is 26.6 Å². The second kappa shape index (κ2) is 6.33. The third-order valence-electron chi connectivity index (χ3n) is 2.61. The number of nitrogens with one attached hydrogen (secondary N) is 1. The minimum absolute atomic E-state index is 0.649. The number of hydrogen-bond acceptors (Lipinski definition) is 4. The number of aryl methyl sites for hydroxylation is 1. The van der Waals surface area contributed by atoms with Crippen LogP contribution < -0.4 is 5.32 Å². The van der Waals surface area contributed by atoms with Gasteiger partial charge in [0.15, 0.2) is 0 Å². The monoisotopic (exact) mass is 246 g/mol. The maximum Gasteiger partial charge on any atom is 0.133 e. The lowest BCUT2D eigenvalue weighted by Gasteiger charge is -2.05. The molecule has 0 atom stereocenters. The standard InChI is InChI=1S/C14H18N2O2/c1-11-6-14(16-18-11)9-15-8-12-4-3-5-13(7-12)10-17-2/h3-7,15H,8-10H2,1-2H3. The van der Waals surface area contributed by atoms with Crippen LogP contribution in [0.15, 0.2) is 34.9 Å². The van der Waals surface area contributed by atoms with Gasteiger partial charge in [0.25, 0.3) is 0 Å². The molecular formula is C14H18N2O2. The van der Waals surface area contributed by atoms with E-state index in [-0.39, 0.29) is 0 Å². The molecule has 18 heavy (non-hydrogen) atoms. The van der Waals surface area contributed by atoms with Gasteiger partial charge in [-0.25, -0.2) is 0 Å². The zero-order valence-electron chi connectivity index (χ0n) is 10.8. The molecule has 0 saturated heterocycles. The Labute approximate surface area is 107 Å². The van der Waals surface area contributed by atoms with Crippen LogP contribution >= 0.6 is 0 Å². The van der Waals surface area contributed by atoms with E-state index in [0.29, 0.717) is 13.2 Å². The van der Waals surface area contributed by atoms with E-state index in [1.807, 2.05) is 19.1 Å². The average molecular weight is 246 g/mol. The molecule has 1 aromatic carbocycles. The molecule has 1 heterocycles. The number of rotatable bonds is 6. The fourth-order valence-electron chi connectivity index (χ4n) is 1.83. The maximum absolute atomic E-state index is 5.12. The van der Waals surface area contributed by atoms with Crippen molar-refractivity contribution in [3.8, 4) is 0 Å². The first-order chi connectivity index (χ1) is 8.78. The molecule has 2 aromatic rings. The molecule has 0 radical (unpaired) electrons. The second-order valence-electron chi connectivity index (χ2n) is 4.29. The molecule has 4 nitrogen and oxygen atoms in total. The van der Waals surface area contributed by atoms with Crippen LogP contribution in [0.2, 0.25) is 0 Å². The van der Waals surface area contributed by atoms with Gasteiger partial charge in [-0.3, -0.25) is 0 Å². The highest BCUT2D eigenvalue weighted by Crippen LogP contribution is 2.07. The summed E-state index contributed by atoms with van der Waals surface area (Å²) < 4.78 is 10.1. The van der Waals surface area contributed by atoms with Gasteiger partial charge in [-0.05, 0) is 18.1 Å². The lowest BCUT2D eigenvalue weighted by atomic mass is 10.1. The van der Waals surface area contributed by atoms with Crippen LogP contribution in [0.5, 0.6) is 0 Å². The fraction of sp³-hybridized carbons (Fsp3) is 0.357. The Bertz CT molecular complexity index is 494. The van der Waals surface area contributed by atoms with Gasteiger partial charge in [-0.1, -0.05) is 29.4 Å². The zero-order chi connectivity index (χ0) is 12.8. The minimum Gasteiger partial charge on any atom is -0.380 e. The molecule has 0 fully saturated rings. The lowest BCUT2D eigenvalue weighted by molar-refractivity contribution is 0.185. The van der Waals surface area contributed by atoms with Crippen LogP contribution in [0.3, 0.4) is 0 Å². The van der Waals surface area contributed by atoms with Gasteiger partial charge in [0.05, 0.1) is 12.3 Å². The van der Waals surface area contributed by atoms with Crippen molar-refractivity contribution in [1.29, 1.82) is 0 Å². The molecule has 0 amide bonds. The van der Waals surface area contributed by atoms with Crippen LogP contribution in [0.25, 0.3) is 0 Å². The Morgan fingerprint density at radius 2 is 2.06 bits per heavy atom. The molecule has 0 bridgehead atoms. The van der Waals surface area contributed by atoms with E-state index in [2.05, 4.69) is 28.7 Å². The Morgan fingerprint density at radius 1 is 1.22 bits per heavy atom. The molecule has 1 N–H and O–H groups in total. The maximum atomic E-state index is 5.12. The van der Waals surface area contributed by atoms with Crippen molar-refractivity contribution < 1.29 is 9.26 Å². The van der Waals surface area contributed by atoms with E-state index in [1.165, 1.54) is 11.1 Å². The second-order valence-corrected chi connectivity index (χ2v) is 4.29. The first kappa shape index (κ1) is 12.8. The predicted octanol–water partition coefficient (Wildman–Crippen LogP) is 2.42. The molecule has 0 unspecified atom stereocenters. The summed E-state index contributed by atoms with van der Waals surface area (Å²) in [4.78, 5) is 0. The van der Waals surface area contributed by atoms with Gasteiger partial charge in [0, 0.05) is 26.3 Å². The lowest BCUT2D eigenvalue weighted by Crippen LogP contribution is -2.13. The summed E-state index contributed by atoms with van der Waals surface area (Å²) >= 11 is 0. The van der Waals surface area contributed by atoms with Crippen molar-refractivity contribution in [3.63, 3.8) is 0 Å². The van der Waals surface area contributed by atoms with Crippen molar-refractivity contribution in [2.24, 2.45) is 0 Å². The number of benzene rings is 1. The fourth-order valence-corrected chi connectivity index (χ4v) is 1.83. The van der Waals surface area contributed by atoms with Crippen LogP contribution in [0, 0.1) is 6.92 Å². The SMILES string of the molecule is COCc1cccc(CNCc2cc(C)on2)c1. The van der Waals surface area contributed by atoms with E-state index >= 15 is 0 Å². The molecule has 0 spiro atoms. The summed E-state index contributed by atoms with van der Waals surface area (Å²) in [6.45, 7) is 4.07. The summed E-state index contributed by atoms with van der Waals surface area (Å²) in [6.07, 6.45) is 0. The third kappa shape index (κ3) is 3.68. The number of ether oxygens (including phenoxy) is 1. The molecule has 2 rings (SSSR count). The molecule has 0 saturated carbocycles. The number of hydrogen-bond donors (Lipinski definition) is 1. The third-order valence-corrected chi connectivity index (χ3v) is 2.61. The zero-order valence-corrected chi connectivity index (χ0v) is 10.8. The van der Waals surface area contributed by atoms with E-state index in [4.69, 9.17) is 9.26 Å². The highest BCUT2D eigenvalue weighted by atomic mass is 16.5. The Kier molecular flexibility index (Phi) is 4.50. The van der Waals surface area contributed by atoms with Gasteiger partial charge >= 0.3 is 0 Å². The summed E-state index contributed by atoms with van der Waals surface area (Å²) in [5.41, 5.74) is 3.36. The quantitative estimate of drug-likeness (QED) is 0.850. The molecular weight excluding hydrogens is 228 g/mol. The van der Waals surface area contributed by atoms with Crippen molar-refractivity contribution in [2.75, 3.05) is 7.11 Å². The van der Waals surface area contributed by atoms with Gasteiger partial charge in [-0.15, -0.1) is 0 Å². The smallest absolute Gasteiger partial charge is 0.133 e. The molecule has 0 aliphatic heterocycles. The largest absolute Gasteiger partial charge is 0.380 e. The van der Waals surface area contributed by atoms with E-state index in [1.54, 1.807) is 7.11 Å². The first-order valence-electron chi connectivity index (χ1n) is 5.97. The summed E-state index contributed by atoms with van der Waals surface area (Å²) in [5.74, 6) is 0.842. The molecule has 96 valence electrons. The van der Waals surface area contributed by atoms with E-state index in [9.17, 15) is 0 Å². The highest BCUT2D eigenvalue weighted by molar-refractivity contribution is 5.22. The number of nitrogens with zero attached hydrogens (tertiary/aromatic N) is 1. The molecule has 0 aliphatic rings. The van der Waals surface area contributed by atoms with Crippen LogP contribution in [-0.2, 0) is 24.4 Å². The normalized spacial score (nSPS) is 10.8. The Hall–Kier alpha value is -1.65. The van der Waals surface area contributed by atoms with Crippen molar-refractivity contribution >= 4 is 0 Å². The van der Waals surface area contributed by atoms with Crippen LogP contribution in [0.1, 0.15) is 22.6 Å². The Morgan fingerprint density at radius 3 is 2.78 bits per heavy atom. The van der Waals surface area contributed by atoms with Gasteiger partial charge < -0.3 is 14.6 Å². The predicted molar refractivity (Wildman–Crippen MR) is 68.9 cm³/mol. The van der Waals surface area contributed by atoms with Crippen molar-refractivity contribution in [3.05, 3.63) is 52.9 Å². The molecule has 1 aromatic heterocycles. The summed E-state index contributed by atoms with van der Waals surface area (Å²) in [7, 11) is 1.71. The summed E-state index contributed by atoms with van der Waals surface area (Å²) in [5, 5.41) is 7.27. The number of methoxy groups -OCH3 is 1. The average Bonchev–Trinajstić information content (AvgIpc) is 2.76.